The molecule has 3 aromatic rings. The Morgan fingerprint density at radius 1 is 1.00 bits per heavy atom. The highest BCUT2D eigenvalue weighted by Crippen LogP contribution is 2.47. The number of amides is 2. The number of carbonyl (C=O) groups excluding carboxylic acids is 2. The second-order valence-corrected chi connectivity index (χ2v) is 16.2. The molecule has 3 aromatic carbocycles. The quantitative estimate of drug-likeness (QED) is 0.0812. The summed E-state index contributed by atoms with van der Waals surface area (Å²) in [5.41, 5.74) is 3.55. The molecule has 0 bridgehead atoms. The monoisotopic (exact) mass is 755 g/mol. The highest BCUT2D eigenvalue weighted by atomic mass is 32.2. The average Bonchev–Trinajstić information content (AvgIpc) is 3.21. The van der Waals surface area contributed by atoms with Crippen molar-refractivity contribution in [3.63, 3.8) is 0 Å². The van der Waals surface area contributed by atoms with Crippen LogP contribution in [0.15, 0.2) is 76.5 Å². The molecule has 0 radical (unpaired) electrons. The van der Waals surface area contributed by atoms with Crippen LogP contribution >= 0.6 is 11.8 Å². The summed E-state index contributed by atoms with van der Waals surface area (Å²) in [5, 5.41) is 31.5. The van der Waals surface area contributed by atoms with Gasteiger partial charge >= 0.3 is 5.97 Å². The number of carboxylic acid groups (broad SMARTS) is 1. The summed E-state index contributed by atoms with van der Waals surface area (Å²) >= 11 is 1.32. The summed E-state index contributed by atoms with van der Waals surface area (Å²) in [6.45, 7) is 5.95. The summed E-state index contributed by atoms with van der Waals surface area (Å²) in [6, 6.07) is 16.8. The molecule has 282 valence electrons. The lowest BCUT2D eigenvalue weighted by molar-refractivity contribution is -0.145. The number of hydroxylamine groups is 1. The van der Waals surface area contributed by atoms with Crippen LogP contribution < -0.4 is 20.5 Å². The molecule has 52 heavy (non-hydrogen) atoms. The normalized spacial score (nSPS) is 16.4. The summed E-state index contributed by atoms with van der Waals surface area (Å²) in [6.07, 6.45) is 5.08. The van der Waals surface area contributed by atoms with E-state index in [0.717, 1.165) is 44.2 Å². The largest absolute Gasteiger partial charge is 0.508 e. The SMILES string of the molecule is CCCCC1(CCCC)CN(c2ccccc2)c2cc(SC)c(ONC(=O)CC(C(=O)NC(C(=O)O)C(C)O)c3ccc(O)cc3)cc2S(=O)(=O)C1. The number of nitrogens with one attached hydrogen (secondary N) is 2. The zero-order chi connectivity index (χ0) is 38.1. The highest BCUT2D eigenvalue weighted by molar-refractivity contribution is 7.98. The molecule has 4 rings (SSSR count). The molecule has 2 amide bonds. The van der Waals surface area contributed by atoms with Crippen LogP contribution in [-0.4, -0.2) is 72.2 Å². The van der Waals surface area contributed by atoms with Gasteiger partial charge < -0.3 is 30.4 Å². The Morgan fingerprint density at radius 3 is 2.19 bits per heavy atom. The number of hydrogen-bond acceptors (Lipinski definition) is 10. The first kappa shape index (κ1) is 40.5. The zero-order valence-electron chi connectivity index (χ0n) is 30.0. The van der Waals surface area contributed by atoms with E-state index in [1.165, 1.54) is 49.0 Å². The van der Waals surface area contributed by atoms with E-state index < -0.39 is 57.5 Å². The zero-order valence-corrected chi connectivity index (χ0v) is 31.6. The van der Waals surface area contributed by atoms with Crippen molar-refractivity contribution in [3.8, 4) is 11.5 Å². The van der Waals surface area contributed by atoms with E-state index in [9.17, 15) is 38.1 Å². The number of unbranched alkanes of at least 4 members (excludes halogenated alkanes) is 2. The number of hydrogen-bond donors (Lipinski definition) is 5. The van der Waals surface area contributed by atoms with Crippen LogP contribution in [0.4, 0.5) is 11.4 Å². The Hall–Kier alpha value is -4.27. The third-order valence-electron chi connectivity index (χ3n) is 9.37. The molecule has 1 aliphatic heterocycles. The lowest BCUT2D eigenvalue weighted by Gasteiger charge is -2.37. The molecule has 3 atom stereocenters. The van der Waals surface area contributed by atoms with Gasteiger partial charge in [-0.25, -0.2) is 13.2 Å². The molecular formula is C38H49N3O9S2. The van der Waals surface area contributed by atoms with Gasteiger partial charge in [0.15, 0.2) is 21.6 Å². The molecule has 12 nitrogen and oxygen atoms in total. The summed E-state index contributed by atoms with van der Waals surface area (Å²) in [5.74, 6) is -4.29. The van der Waals surface area contributed by atoms with Crippen molar-refractivity contribution in [2.24, 2.45) is 5.41 Å². The van der Waals surface area contributed by atoms with Gasteiger partial charge in [0, 0.05) is 30.1 Å². The number of aromatic hydroxyl groups is 1. The standard InChI is InChI=1S/C38H49N3O9S2/c1-5-7-18-38(19-8-6-2)23-41(27-12-10-9-11-13-27)30-21-32(51-4)31(22-33(30)52(48,49)24-38)50-40-34(44)20-29(26-14-16-28(43)17-15-26)36(45)39-35(25(3)42)37(46)47/h9-17,21-22,25,29,35,42-43H,5-8,18-20,23-24H2,1-4H3,(H,39,45)(H,40,44)(H,46,47). The molecular weight excluding hydrogens is 707 g/mol. The lowest BCUT2D eigenvalue weighted by atomic mass is 9.79. The number of nitrogens with zero attached hydrogens (tertiary/aromatic N) is 1. The maximum absolute atomic E-state index is 14.4. The van der Waals surface area contributed by atoms with Crippen LogP contribution in [-0.2, 0) is 24.2 Å². The smallest absolute Gasteiger partial charge is 0.328 e. The lowest BCUT2D eigenvalue weighted by Crippen LogP contribution is -2.49. The van der Waals surface area contributed by atoms with Crippen molar-refractivity contribution in [2.75, 3.05) is 23.5 Å². The molecule has 0 aliphatic carbocycles. The molecule has 3 unspecified atom stereocenters. The third-order valence-corrected chi connectivity index (χ3v) is 12.1. The van der Waals surface area contributed by atoms with Crippen LogP contribution in [0.2, 0.25) is 0 Å². The minimum atomic E-state index is -3.85. The molecule has 0 saturated heterocycles. The van der Waals surface area contributed by atoms with Crippen molar-refractivity contribution in [1.29, 1.82) is 0 Å². The van der Waals surface area contributed by atoms with Gasteiger partial charge in [0.25, 0.3) is 5.91 Å². The minimum absolute atomic E-state index is 0.0338. The van der Waals surface area contributed by atoms with Crippen LogP contribution in [0.1, 0.15) is 77.2 Å². The molecule has 0 fully saturated rings. The number of aliphatic hydroxyl groups excluding tert-OH is 1. The fourth-order valence-corrected chi connectivity index (χ4v) is 9.24. The minimum Gasteiger partial charge on any atom is -0.508 e. The van der Waals surface area contributed by atoms with Crippen molar-refractivity contribution < 1.29 is 43.0 Å². The number of fused-ring (bicyclic) bond motifs is 1. The first-order valence-corrected chi connectivity index (χ1v) is 20.3. The number of sulfone groups is 1. The molecule has 1 aliphatic rings. The first-order chi connectivity index (χ1) is 24.7. The van der Waals surface area contributed by atoms with Crippen LogP contribution in [0.3, 0.4) is 0 Å². The van der Waals surface area contributed by atoms with Gasteiger partial charge in [-0.2, -0.15) is 5.48 Å². The van der Waals surface area contributed by atoms with Gasteiger partial charge in [-0.1, -0.05) is 69.9 Å². The predicted molar refractivity (Wildman–Crippen MR) is 201 cm³/mol. The fourth-order valence-electron chi connectivity index (χ4n) is 6.60. The van der Waals surface area contributed by atoms with Crippen LogP contribution in [0.25, 0.3) is 0 Å². The summed E-state index contributed by atoms with van der Waals surface area (Å²) in [4.78, 5) is 46.9. The van der Waals surface area contributed by atoms with Gasteiger partial charge in [-0.05, 0) is 61.9 Å². The van der Waals surface area contributed by atoms with E-state index in [0.29, 0.717) is 22.7 Å². The highest BCUT2D eigenvalue weighted by Gasteiger charge is 2.42. The van der Waals surface area contributed by atoms with Crippen molar-refractivity contribution in [3.05, 3.63) is 72.3 Å². The number of aliphatic hydroxyl groups is 1. The van der Waals surface area contributed by atoms with E-state index in [-0.39, 0.29) is 22.1 Å². The number of benzene rings is 3. The number of thioether (sulfide) groups is 1. The maximum atomic E-state index is 14.4. The van der Waals surface area contributed by atoms with Gasteiger partial charge in [-0.3, -0.25) is 9.59 Å². The molecule has 14 heteroatoms. The number of carboxylic acids is 1. The second kappa shape index (κ2) is 18.0. The average molecular weight is 756 g/mol. The number of anilines is 2. The molecule has 0 saturated carbocycles. The fraction of sp³-hybridized carbons (Fsp3) is 0.447. The van der Waals surface area contributed by atoms with Gasteiger partial charge in [-0.15, -0.1) is 11.8 Å². The summed E-state index contributed by atoms with van der Waals surface area (Å²) in [7, 11) is -3.85. The molecule has 1 heterocycles. The number of aliphatic carboxylic acids is 1. The number of phenolic OH excluding ortho intramolecular Hbond substituents is 1. The van der Waals surface area contributed by atoms with Gasteiger partial charge in [0.2, 0.25) is 5.91 Å². The van der Waals surface area contributed by atoms with E-state index >= 15 is 0 Å². The second-order valence-electron chi connectivity index (χ2n) is 13.4. The number of carbonyl (C=O) groups is 3. The van der Waals surface area contributed by atoms with E-state index in [1.807, 2.05) is 36.6 Å². The number of rotatable bonds is 17. The van der Waals surface area contributed by atoms with Gasteiger partial charge in [0.1, 0.15) is 5.75 Å². The Bertz CT molecular complexity index is 1790. The Morgan fingerprint density at radius 2 is 1.63 bits per heavy atom. The summed E-state index contributed by atoms with van der Waals surface area (Å²) < 4.78 is 28.8. The first-order valence-electron chi connectivity index (χ1n) is 17.5. The van der Waals surface area contributed by atoms with E-state index in [1.54, 1.807) is 6.07 Å². The topological polar surface area (TPSA) is 183 Å². The van der Waals surface area contributed by atoms with Gasteiger partial charge in [0.05, 0.1) is 33.3 Å². The number of phenols is 1. The van der Waals surface area contributed by atoms with Crippen LogP contribution in [0, 0.1) is 5.41 Å². The maximum Gasteiger partial charge on any atom is 0.328 e. The third kappa shape index (κ3) is 9.98. The Balaban J connectivity index is 1.69. The molecule has 0 aromatic heterocycles. The number of para-hydroxylation sites is 1. The van der Waals surface area contributed by atoms with E-state index in [4.69, 9.17) is 4.84 Å². The van der Waals surface area contributed by atoms with Crippen molar-refractivity contribution in [2.45, 2.75) is 93.6 Å². The molecule has 0 spiro atoms. The van der Waals surface area contributed by atoms with Crippen molar-refractivity contribution in [1.82, 2.24) is 10.8 Å². The Kier molecular flexibility index (Phi) is 14.0. The van der Waals surface area contributed by atoms with Crippen LogP contribution in [0.5, 0.6) is 11.5 Å². The van der Waals surface area contributed by atoms with E-state index in [2.05, 4.69) is 29.5 Å². The van der Waals surface area contributed by atoms with Crippen molar-refractivity contribution >= 4 is 50.8 Å². The Labute approximate surface area is 309 Å². The molecule has 5 N–H and O–H groups in total. The predicted octanol–water partition coefficient (Wildman–Crippen LogP) is 5.94.